The Morgan fingerprint density at radius 1 is 1.24 bits per heavy atom. The van der Waals surface area contributed by atoms with E-state index in [0.29, 0.717) is 4.57 Å². The Labute approximate surface area is 138 Å². The second-order valence-electron chi connectivity index (χ2n) is 5.44. The van der Waals surface area contributed by atoms with Crippen molar-refractivity contribution in [2.24, 2.45) is 0 Å². The SMILES string of the molecule is CC(n1c(=O)c(=O)[nH]c2cc([N+](=O)[O-])c3ccccc3c21)P(=O)(O)O. The zero-order valence-corrected chi connectivity index (χ0v) is 13.6. The molecule has 130 valence electrons. The number of non-ortho nitro benzene ring substituents is 1. The summed E-state index contributed by atoms with van der Waals surface area (Å²) in [5, 5.41) is 11.7. The third kappa shape index (κ3) is 2.66. The van der Waals surface area contributed by atoms with Crippen LogP contribution in [-0.4, -0.2) is 24.3 Å². The molecule has 0 aliphatic heterocycles. The van der Waals surface area contributed by atoms with Crippen LogP contribution in [0.15, 0.2) is 39.9 Å². The number of nitrogens with one attached hydrogen (secondary N) is 1. The number of hydrogen-bond acceptors (Lipinski definition) is 5. The van der Waals surface area contributed by atoms with Crippen LogP contribution in [0, 0.1) is 10.1 Å². The van der Waals surface area contributed by atoms with Gasteiger partial charge in [0.05, 0.1) is 21.3 Å². The summed E-state index contributed by atoms with van der Waals surface area (Å²) in [5.41, 5.74) is -2.62. The maximum atomic E-state index is 12.3. The van der Waals surface area contributed by atoms with Crippen molar-refractivity contribution in [1.29, 1.82) is 0 Å². The van der Waals surface area contributed by atoms with Crippen LogP contribution in [0.5, 0.6) is 0 Å². The quantitative estimate of drug-likeness (QED) is 0.208. The maximum absolute atomic E-state index is 12.3. The number of nitro benzene ring substituents is 1. The monoisotopic (exact) mass is 365 g/mol. The van der Waals surface area contributed by atoms with Gasteiger partial charge in [-0.3, -0.25) is 28.8 Å². The molecule has 11 heteroatoms. The van der Waals surface area contributed by atoms with Crippen molar-refractivity contribution >= 4 is 35.1 Å². The van der Waals surface area contributed by atoms with Crippen LogP contribution in [0.3, 0.4) is 0 Å². The lowest BCUT2D eigenvalue weighted by atomic mass is 10.1. The standard InChI is InChI=1S/C14H12N3O7P/c1-7(25(22,23)24)16-12-9-5-3-2-4-8(9)11(17(20)21)6-10(12)15-13(18)14(16)19/h2-7H,1H3,(H,15,18)(H2,22,23,24). The number of fused-ring (bicyclic) bond motifs is 3. The van der Waals surface area contributed by atoms with Gasteiger partial charge in [-0.05, 0) is 13.0 Å². The third-order valence-corrected chi connectivity index (χ3v) is 5.16. The molecule has 0 fully saturated rings. The fourth-order valence-electron chi connectivity index (χ4n) is 2.74. The number of aromatic amines is 1. The van der Waals surface area contributed by atoms with Crippen molar-refractivity contribution in [2.75, 3.05) is 0 Å². The molecule has 1 aromatic heterocycles. The second kappa shape index (κ2) is 5.62. The van der Waals surface area contributed by atoms with Crippen molar-refractivity contribution in [3.05, 3.63) is 61.2 Å². The molecular weight excluding hydrogens is 353 g/mol. The molecule has 3 aromatic rings. The molecule has 0 aliphatic rings. The van der Waals surface area contributed by atoms with Crippen LogP contribution >= 0.6 is 7.60 Å². The van der Waals surface area contributed by atoms with E-state index in [1.807, 2.05) is 0 Å². The molecule has 0 saturated heterocycles. The topological polar surface area (TPSA) is 156 Å². The van der Waals surface area contributed by atoms with Crippen LogP contribution in [0.1, 0.15) is 12.7 Å². The molecule has 2 aromatic carbocycles. The second-order valence-corrected chi connectivity index (χ2v) is 7.37. The van der Waals surface area contributed by atoms with Gasteiger partial charge >= 0.3 is 18.7 Å². The fourth-order valence-corrected chi connectivity index (χ4v) is 3.26. The lowest BCUT2D eigenvalue weighted by Crippen LogP contribution is -2.37. The van der Waals surface area contributed by atoms with Crippen LogP contribution in [0.2, 0.25) is 0 Å². The molecule has 3 rings (SSSR count). The molecule has 1 heterocycles. The third-order valence-electron chi connectivity index (χ3n) is 3.95. The van der Waals surface area contributed by atoms with Crippen molar-refractivity contribution < 1.29 is 19.3 Å². The predicted molar refractivity (Wildman–Crippen MR) is 89.7 cm³/mol. The van der Waals surface area contributed by atoms with Gasteiger partial charge in [0.1, 0.15) is 5.78 Å². The lowest BCUT2D eigenvalue weighted by molar-refractivity contribution is -0.382. The Kier molecular flexibility index (Phi) is 3.83. The maximum Gasteiger partial charge on any atom is 0.347 e. The summed E-state index contributed by atoms with van der Waals surface area (Å²) < 4.78 is 12.4. The summed E-state index contributed by atoms with van der Waals surface area (Å²) in [6, 6.07) is 7.12. The van der Waals surface area contributed by atoms with E-state index in [-0.39, 0.29) is 27.5 Å². The van der Waals surface area contributed by atoms with E-state index in [0.717, 1.165) is 13.0 Å². The van der Waals surface area contributed by atoms with Gasteiger partial charge in [0, 0.05) is 11.5 Å². The summed E-state index contributed by atoms with van der Waals surface area (Å²) in [5.74, 6) is -1.62. The predicted octanol–water partition coefficient (Wildman–Crippen LogP) is 1.45. The zero-order valence-electron chi connectivity index (χ0n) is 12.7. The molecule has 0 spiro atoms. The van der Waals surface area contributed by atoms with Gasteiger partial charge in [-0.25, -0.2) is 0 Å². The Balaban J connectivity index is 2.65. The molecule has 1 atom stereocenters. The van der Waals surface area contributed by atoms with Gasteiger partial charge in [0.25, 0.3) is 5.69 Å². The molecule has 10 nitrogen and oxygen atoms in total. The molecule has 0 bridgehead atoms. The molecule has 0 aliphatic carbocycles. The van der Waals surface area contributed by atoms with Gasteiger partial charge in [-0.2, -0.15) is 0 Å². The first-order valence-corrected chi connectivity index (χ1v) is 8.71. The van der Waals surface area contributed by atoms with E-state index < -0.39 is 29.4 Å². The van der Waals surface area contributed by atoms with E-state index in [1.54, 1.807) is 12.1 Å². The average molecular weight is 365 g/mol. The largest absolute Gasteiger partial charge is 0.347 e. The number of aromatic nitrogens is 2. The van der Waals surface area contributed by atoms with Gasteiger partial charge in [0.2, 0.25) is 0 Å². The highest BCUT2D eigenvalue weighted by Crippen LogP contribution is 2.49. The Bertz CT molecular complexity index is 1190. The van der Waals surface area contributed by atoms with E-state index in [2.05, 4.69) is 4.98 Å². The zero-order chi connectivity index (χ0) is 18.5. The summed E-state index contributed by atoms with van der Waals surface area (Å²) in [6.07, 6.45) is 0. The molecule has 25 heavy (non-hydrogen) atoms. The van der Waals surface area contributed by atoms with Crippen LogP contribution < -0.4 is 11.1 Å². The molecular formula is C14H12N3O7P. The molecule has 3 N–H and O–H groups in total. The molecule has 0 radical (unpaired) electrons. The van der Waals surface area contributed by atoms with Crippen molar-refractivity contribution in [3.63, 3.8) is 0 Å². The number of nitro groups is 1. The minimum absolute atomic E-state index is 0.0154. The van der Waals surface area contributed by atoms with Crippen molar-refractivity contribution in [1.82, 2.24) is 9.55 Å². The first-order valence-electron chi connectivity index (χ1n) is 7.03. The van der Waals surface area contributed by atoms with Crippen LogP contribution in [-0.2, 0) is 4.57 Å². The summed E-state index contributed by atoms with van der Waals surface area (Å²) in [4.78, 5) is 56.0. The average Bonchev–Trinajstić information content (AvgIpc) is 2.54. The van der Waals surface area contributed by atoms with E-state index in [1.165, 1.54) is 12.1 Å². The lowest BCUT2D eigenvalue weighted by Gasteiger charge is -2.19. The van der Waals surface area contributed by atoms with E-state index in [9.17, 15) is 34.1 Å². The normalized spacial score (nSPS) is 13.2. The highest BCUT2D eigenvalue weighted by atomic mass is 31.2. The Morgan fingerprint density at radius 2 is 1.84 bits per heavy atom. The smallest absolute Gasteiger partial charge is 0.323 e. The van der Waals surface area contributed by atoms with Crippen molar-refractivity contribution in [3.8, 4) is 0 Å². The summed E-state index contributed by atoms with van der Waals surface area (Å²) in [6.45, 7) is 1.11. The Morgan fingerprint density at radius 3 is 2.40 bits per heavy atom. The highest BCUT2D eigenvalue weighted by Gasteiger charge is 2.30. The number of benzene rings is 2. The minimum atomic E-state index is -4.76. The first-order chi connectivity index (χ1) is 11.6. The number of H-pyrrole nitrogens is 1. The fraction of sp³-hybridized carbons (Fsp3) is 0.143. The molecule has 0 amide bonds. The van der Waals surface area contributed by atoms with Crippen molar-refractivity contribution in [2.45, 2.75) is 12.7 Å². The van der Waals surface area contributed by atoms with E-state index >= 15 is 0 Å². The highest BCUT2D eigenvalue weighted by molar-refractivity contribution is 7.51. The molecule has 1 unspecified atom stereocenters. The van der Waals surface area contributed by atoms with Gasteiger partial charge < -0.3 is 14.8 Å². The minimum Gasteiger partial charge on any atom is -0.323 e. The van der Waals surface area contributed by atoms with Gasteiger partial charge in [-0.15, -0.1) is 0 Å². The Hall–Kier alpha value is -2.81. The summed E-state index contributed by atoms with van der Waals surface area (Å²) >= 11 is 0. The van der Waals surface area contributed by atoms with Gasteiger partial charge in [0.15, 0.2) is 0 Å². The van der Waals surface area contributed by atoms with Crippen LogP contribution in [0.4, 0.5) is 5.69 Å². The number of rotatable bonds is 3. The van der Waals surface area contributed by atoms with Gasteiger partial charge in [-0.1, -0.05) is 18.2 Å². The van der Waals surface area contributed by atoms with Crippen LogP contribution in [0.25, 0.3) is 21.8 Å². The van der Waals surface area contributed by atoms with E-state index in [4.69, 9.17) is 0 Å². The summed E-state index contributed by atoms with van der Waals surface area (Å²) in [7, 11) is -4.76. The first kappa shape index (κ1) is 17.0. The number of hydrogen-bond donors (Lipinski definition) is 3. The number of nitrogens with zero attached hydrogens (tertiary/aromatic N) is 2. The molecule has 0 saturated carbocycles.